The van der Waals surface area contributed by atoms with E-state index < -0.39 is 4.75 Å². The van der Waals surface area contributed by atoms with Gasteiger partial charge < -0.3 is 9.15 Å². The largest absolute Gasteiger partial charge is 0.496 e. The number of thiol groups is 1. The zero-order valence-electron chi connectivity index (χ0n) is 13.9. The molecule has 0 saturated carbocycles. The molecule has 1 heterocycles. The van der Waals surface area contributed by atoms with E-state index in [0.29, 0.717) is 28.8 Å². The highest BCUT2D eigenvalue weighted by atomic mass is 32.1. The average Bonchev–Trinajstić information content (AvgIpc) is 2.82. The Morgan fingerprint density at radius 3 is 2.83 bits per heavy atom. The van der Waals surface area contributed by atoms with Crippen LogP contribution in [0.25, 0.3) is 17.4 Å². The van der Waals surface area contributed by atoms with Gasteiger partial charge >= 0.3 is 0 Å². The maximum atomic E-state index is 12.7. The molecule has 124 valence electrons. The van der Waals surface area contributed by atoms with E-state index in [0.717, 1.165) is 5.57 Å². The monoisotopic (exact) mass is 340 g/mol. The van der Waals surface area contributed by atoms with Crippen molar-refractivity contribution < 1.29 is 9.15 Å². The van der Waals surface area contributed by atoms with Crippen molar-refractivity contribution in [2.24, 2.45) is 5.92 Å². The molecule has 0 bridgehead atoms. The lowest BCUT2D eigenvalue weighted by atomic mass is 10.1. The highest BCUT2D eigenvalue weighted by Crippen LogP contribution is 2.32. The minimum absolute atomic E-state index is 0.134. The van der Waals surface area contributed by atoms with Gasteiger partial charge in [0.05, 0.1) is 11.9 Å². The molecule has 2 atom stereocenters. The van der Waals surface area contributed by atoms with Gasteiger partial charge in [-0.1, -0.05) is 43.4 Å². The molecule has 24 heavy (non-hydrogen) atoms. The second kappa shape index (κ2) is 6.36. The summed E-state index contributed by atoms with van der Waals surface area (Å²) in [6, 6.07) is 1.51. The van der Waals surface area contributed by atoms with E-state index in [1.165, 1.54) is 6.07 Å². The van der Waals surface area contributed by atoms with Crippen molar-refractivity contribution in [3.05, 3.63) is 75.9 Å². The molecular weight excluding hydrogens is 320 g/mol. The fraction of sp³-hybridized carbons (Fsp3) is 0.250. The summed E-state index contributed by atoms with van der Waals surface area (Å²) in [4.78, 5) is 12.7. The van der Waals surface area contributed by atoms with Crippen molar-refractivity contribution in [2.75, 3.05) is 7.11 Å². The molecule has 2 aliphatic rings. The molecule has 0 spiro atoms. The van der Waals surface area contributed by atoms with Crippen molar-refractivity contribution >= 4 is 30.0 Å². The number of ether oxygens (including phenoxy) is 1. The number of fused-ring (bicyclic) bond motifs is 1. The number of rotatable bonds is 2. The SMILES string of the molecule is COC1=CC(C)(S)C=Cc2oc(C3=CC=CC(C)C=C3)cc(=O)c21. The third-order valence-corrected chi connectivity index (χ3v) is 4.27. The Labute approximate surface area is 147 Å². The fourth-order valence-electron chi connectivity index (χ4n) is 2.68. The van der Waals surface area contributed by atoms with Gasteiger partial charge in [0.2, 0.25) is 0 Å². The molecule has 0 radical (unpaired) electrons. The normalized spacial score (nSPS) is 25.4. The summed E-state index contributed by atoms with van der Waals surface area (Å²) in [5.74, 6) is 1.85. The van der Waals surface area contributed by atoms with E-state index in [2.05, 4.69) is 31.7 Å². The van der Waals surface area contributed by atoms with Gasteiger partial charge in [0.15, 0.2) is 5.43 Å². The molecule has 0 amide bonds. The van der Waals surface area contributed by atoms with E-state index in [-0.39, 0.29) is 5.43 Å². The molecule has 2 unspecified atom stereocenters. The van der Waals surface area contributed by atoms with Crippen LogP contribution in [0.5, 0.6) is 0 Å². The van der Waals surface area contributed by atoms with Crippen LogP contribution in [0.15, 0.2) is 57.8 Å². The predicted molar refractivity (Wildman–Crippen MR) is 102 cm³/mol. The molecule has 0 fully saturated rings. The molecule has 2 aliphatic carbocycles. The Bertz CT molecular complexity index is 863. The van der Waals surface area contributed by atoms with Gasteiger partial charge in [-0.2, -0.15) is 12.6 Å². The molecule has 3 nitrogen and oxygen atoms in total. The van der Waals surface area contributed by atoms with Gasteiger partial charge in [-0.3, -0.25) is 4.79 Å². The van der Waals surface area contributed by atoms with Crippen LogP contribution in [0.3, 0.4) is 0 Å². The summed E-state index contributed by atoms with van der Waals surface area (Å²) < 4.78 is 10.9. The van der Waals surface area contributed by atoms with Gasteiger partial charge in [0.25, 0.3) is 0 Å². The molecule has 1 aromatic rings. The van der Waals surface area contributed by atoms with E-state index in [1.54, 1.807) is 13.2 Å². The van der Waals surface area contributed by atoms with Gasteiger partial charge in [-0.05, 0) is 25.0 Å². The van der Waals surface area contributed by atoms with Gasteiger partial charge in [-0.25, -0.2) is 0 Å². The van der Waals surface area contributed by atoms with Gasteiger partial charge in [-0.15, -0.1) is 0 Å². The number of hydrogen-bond donors (Lipinski definition) is 1. The Morgan fingerprint density at radius 2 is 2.08 bits per heavy atom. The van der Waals surface area contributed by atoms with Crippen LogP contribution in [0.4, 0.5) is 0 Å². The average molecular weight is 340 g/mol. The van der Waals surface area contributed by atoms with Crippen LogP contribution in [0.2, 0.25) is 0 Å². The third-order valence-electron chi connectivity index (χ3n) is 3.99. The van der Waals surface area contributed by atoms with Gasteiger partial charge in [0, 0.05) is 11.6 Å². The smallest absolute Gasteiger partial charge is 0.197 e. The zero-order valence-corrected chi connectivity index (χ0v) is 14.8. The van der Waals surface area contributed by atoms with Crippen molar-refractivity contribution in [2.45, 2.75) is 18.6 Å². The highest BCUT2D eigenvalue weighted by Gasteiger charge is 2.24. The molecule has 0 aromatic carbocycles. The summed E-state index contributed by atoms with van der Waals surface area (Å²) >= 11 is 4.57. The predicted octanol–water partition coefficient (Wildman–Crippen LogP) is 4.49. The first-order valence-electron chi connectivity index (χ1n) is 7.84. The van der Waals surface area contributed by atoms with Crippen molar-refractivity contribution in [3.8, 4) is 0 Å². The molecule has 0 aliphatic heterocycles. The molecule has 3 rings (SSSR count). The molecule has 4 heteroatoms. The zero-order chi connectivity index (χ0) is 17.3. The van der Waals surface area contributed by atoms with Crippen LogP contribution in [-0.4, -0.2) is 11.9 Å². The maximum Gasteiger partial charge on any atom is 0.197 e. The number of hydrogen-bond acceptors (Lipinski definition) is 4. The Balaban J connectivity index is 2.16. The van der Waals surface area contributed by atoms with Gasteiger partial charge in [0.1, 0.15) is 22.8 Å². The Kier molecular flexibility index (Phi) is 4.41. The molecule has 0 N–H and O–H groups in total. The van der Waals surface area contributed by atoms with Crippen molar-refractivity contribution in [1.29, 1.82) is 0 Å². The summed E-state index contributed by atoms with van der Waals surface area (Å²) in [5, 5.41) is 0. The molecule has 1 aromatic heterocycles. The highest BCUT2D eigenvalue weighted by molar-refractivity contribution is 7.82. The lowest BCUT2D eigenvalue weighted by Gasteiger charge is -2.14. The molecular formula is C20H20O3S. The third kappa shape index (κ3) is 3.34. The van der Waals surface area contributed by atoms with Crippen molar-refractivity contribution in [1.82, 2.24) is 0 Å². The van der Waals surface area contributed by atoms with Crippen molar-refractivity contribution in [3.63, 3.8) is 0 Å². The first-order chi connectivity index (χ1) is 11.4. The first-order valence-corrected chi connectivity index (χ1v) is 8.28. The Hall–Kier alpha value is -2.20. The Morgan fingerprint density at radius 1 is 1.29 bits per heavy atom. The summed E-state index contributed by atoms with van der Waals surface area (Å²) in [7, 11) is 1.54. The summed E-state index contributed by atoms with van der Waals surface area (Å²) in [6.07, 6.45) is 15.5. The number of methoxy groups -OCH3 is 1. The second-order valence-electron chi connectivity index (χ2n) is 6.21. The van der Waals surface area contributed by atoms with Crippen LogP contribution in [0.1, 0.15) is 30.9 Å². The first kappa shape index (κ1) is 16.7. The molecule has 0 saturated heterocycles. The maximum absolute atomic E-state index is 12.7. The topological polar surface area (TPSA) is 39.4 Å². The second-order valence-corrected chi connectivity index (χ2v) is 7.17. The lowest BCUT2D eigenvalue weighted by Crippen LogP contribution is -2.13. The minimum atomic E-state index is -0.522. The van der Waals surface area contributed by atoms with Crippen LogP contribution >= 0.6 is 12.6 Å². The van der Waals surface area contributed by atoms with E-state index in [9.17, 15) is 4.79 Å². The van der Waals surface area contributed by atoms with E-state index in [4.69, 9.17) is 9.15 Å². The van der Waals surface area contributed by atoms with E-state index >= 15 is 0 Å². The van der Waals surface area contributed by atoms with Crippen LogP contribution < -0.4 is 5.43 Å². The van der Waals surface area contributed by atoms with Crippen LogP contribution in [0, 0.1) is 5.92 Å². The standard InChI is InChI=1S/C20H20O3S/c1-13-5-4-6-14(8-7-13)17-11-15(21)19-16(23-17)9-10-20(2,24)12-18(19)22-3/h4-13,24H,1-3H3. The summed E-state index contributed by atoms with van der Waals surface area (Å²) in [5.41, 5.74) is 1.16. The fourth-order valence-corrected chi connectivity index (χ4v) is 2.87. The minimum Gasteiger partial charge on any atom is -0.496 e. The lowest BCUT2D eigenvalue weighted by molar-refractivity contribution is 0.365. The summed E-state index contributed by atoms with van der Waals surface area (Å²) in [6.45, 7) is 4.02. The van der Waals surface area contributed by atoms with Crippen LogP contribution in [-0.2, 0) is 4.74 Å². The van der Waals surface area contributed by atoms with E-state index in [1.807, 2.05) is 37.3 Å². The quantitative estimate of drug-likeness (QED) is 0.807. The number of allylic oxidation sites excluding steroid dienone is 6.